The highest BCUT2D eigenvalue weighted by molar-refractivity contribution is 7.99. The van der Waals surface area contributed by atoms with E-state index in [2.05, 4.69) is 15.5 Å². The van der Waals surface area contributed by atoms with Gasteiger partial charge in [-0.1, -0.05) is 29.4 Å². The molecule has 1 N–H and O–H groups in total. The lowest BCUT2D eigenvalue weighted by molar-refractivity contribution is -0.113. The van der Waals surface area contributed by atoms with E-state index in [0.29, 0.717) is 21.7 Å². The second kappa shape index (κ2) is 6.89. The van der Waals surface area contributed by atoms with Crippen LogP contribution in [0, 0.1) is 6.92 Å². The van der Waals surface area contributed by atoms with Gasteiger partial charge in [-0.3, -0.25) is 4.79 Å². The molecule has 0 aliphatic rings. The van der Waals surface area contributed by atoms with Crippen molar-refractivity contribution in [2.24, 2.45) is 0 Å². The minimum Gasteiger partial charge on any atom is -0.459 e. The van der Waals surface area contributed by atoms with E-state index in [4.69, 9.17) is 20.4 Å². The second-order valence-corrected chi connectivity index (χ2v) is 5.93. The van der Waals surface area contributed by atoms with Crippen LogP contribution in [0.25, 0.3) is 11.7 Å². The Hall–Kier alpha value is -2.25. The van der Waals surface area contributed by atoms with Gasteiger partial charge in [-0.05, 0) is 36.8 Å². The fourth-order valence-electron chi connectivity index (χ4n) is 1.82. The van der Waals surface area contributed by atoms with E-state index in [1.165, 1.54) is 6.26 Å². The number of thioether (sulfide) groups is 1. The van der Waals surface area contributed by atoms with Crippen molar-refractivity contribution in [1.29, 1.82) is 0 Å². The van der Waals surface area contributed by atoms with Crippen LogP contribution < -0.4 is 5.32 Å². The molecule has 0 spiro atoms. The first-order chi connectivity index (χ1) is 11.1. The van der Waals surface area contributed by atoms with Gasteiger partial charge in [0.05, 0.1) is 12.0 Å². The molecule has 1 aromatic carbocycles. The van der Waals surface area contributed by atoms with Crippen LogP contribution in [0.5, 0.6) is 0 Å². The Morgan fingerprint density at radius 1 is 1.30 bits per heavy atom. The van der Waals surface area contributed by atoms with Gasteiger partial charge >= 0.3 is 0 Å². The van der Waals surface area contributed by atoms with Crippen molar-refractivity contribution < 1.29 is 13.6 Å². The minimum atomic E-state index is -0.182. The zero-order chi connectivity index (χ0) is 16.2. The van der Waals surface area contributed by atoms with Gasteiger partial charge < -0.3 is 14.2 Å². The molecule has 0 fully saturated rings. The van der Waals surface area contributed by atoms with Crippen molar-refractivity contribution in [2.45, 2.75) is 12.1 Å². The summed E-state index contributed by atoms with van der Waals surface area (Å²) in [4.78, 5) is 12.0. The lowest BCUT2D eigenvalue weighted by Gasteiger charge is -2.08. The van der Waals surface area contributed by atoms with Gasteiger partial charge in [0.25, 0.3) is 11.1 Å². The van der Waals surface area contributed by atoms with Crippen LogP contribution in [-0.2, 0) is 4.79 Å². The highest BCUT2D eigenvalue weighted by Gasteiger charge is 2.13. The van der Waals surface area contributed by atoms with E-state index in [-0.39, 0.29) is 17.6 Å². The summed E-state index contributed by atoms with van der Waals surface area (Å²) in [5.41, 5.74) is 1.51. The Morgan fingerprint density at radius 2 is 2.17 bits per heavy atom. The number of hydrogen-bond acceptors (Lipinski definition) is 6. The van der Waals surface area contributed by atoms with Crippen LogP contribution in [0.15, 0.2) is 50.7 Å². The first-order valence-corrected chi connectivity index (χ1v) is 8.05. The smallest absolute Gasteiger partial charge is 0.284 e. The molecule has 6 nitrogen and oxygen atoms in total. The molecule has 118 valence electrons. The fraction of sp³-hybridized carbons (Fsp3) is 0.133. The molecule has 1 amide bonds. The number of halogens is 1. The maximum Gasteiger partial charge on any atom is 0.284 e. The maximum atomic E-state index is 12.0. The number of nitrogens with one attached hydrogen (secondary N) is 1. The molecule has 0 saturated carbocycles. The molecule has 0 atom stereocenters. The predicted molar refractivity (Wildman–Crippen MR) is 87.5 cm³/mol. The molecule has 2 aromatic heterocycles. The molecule has 3 aromatic rings. The number of amides is 1. The largest absolute Gasteiger partial charge is 0.459 e. The Morgan fingerprint density at radius 3 is 2.96 bits per heavy atom. The van der Waals surface area contributed by atoms with Crippen LogP contribution >= 0.6 is 23.4 Å². The number of carbonyl (C=O) groups is 1. The number of furan rings is 1. The quantitative estimate of drug-likeness (QED) is 0.700. The molecule has 0 aliphatic heterocycles. The molecule has 0 bridgehead atoms. The van der Waals surface area contributed by atoms with E-state index in [0.717, 1.165) is 17.3 Å². The van der Waals surface area contributed by atoms with Gasteiger partial charge in [-0.2, -0.15) is 0 Å². The third kappa shape index (κ3) is 3.75. The third-order valence-electron chi connectivity index (χ3n) is 3.01. The van der Waals surface area contributed by atoms with Crippen LogP contribution in [-0.4, -0.2) is 21.9 Å². The summed E-state index contributed by atoms with van der Waals surface area (Å²) < 4.78 is 10.6. The number of hydrogen-bond donors (Lipinski definition) is 1. The predicted octanol–water partition coefficient (Wildman–Crippen LogP) is 4.02. The van der Waals surface area contributed by atoms with Crippen molar-refractivity contribution in [3.8, 4) is 11.7 Å². The molecular formula is C15H12ClN3O3S. The normalized spacial score (nSPS) is 10.7. The zero-order valence-corrected chi connectivity index (χ0v) is 13.6. The van der Waals surface area contributed by atoms with E-state index < -0.39 is 0 Å². The Labute approximate surface area is 141 Å². The highest BCUT2D eigenvalue weighted by atomic mass is 35.5. The lowest BCUT2D eigenvalue weighted by Crippen LogP contribution is -2.14. The van der Waals surface area contributed by atoms with Crippen LogP contribution in [0.1, 0.15) is 5.56 Å². The highest BCUT2D eigenvalue weighted by Crippen LogP contribution is 2.25. The Balaban J connectivity index is 1.58. The topological polar surface area (TPSA) is 81.2 Å². The first-order valence-electron chi connectivity index (χ1n) is 6.68. The molecule has 0 radical (unpaired) electrons. The lowest BCUT2D eigenvalue weighted by atomic mass is 10.2. The summed E-state index contributed by atoms with van der Waals surface area (Å²) in [5.74, 6) is 0.733. The molecule has 0 unspecified atom stereocenters. The van der Waals surface area contributed by atoms with E-state index in [9.17, 15) is 4.79 Å². The van der Waals surface area contributed by atoms with E-state index in [1.54, 1.807) is 30.3 Å². The summed E-state index contributed by atoms with van der Waals surface area (Å²) in [6, 6.07) is 8.80. The third-order valence-corrected chi connectivity index (χ3v) is 4.23. The molecule has 2 heterocycles. The van der Waals surface area contributed by atoms with Crippen molar-refractivity contribution in [2.75, 3.05) is 11.1 Å². The first kappa shape index (κ1) is 15.6. The van der Waals surface area contributed by atoms with Crippen molar-refractivity contribution in [3.05, 3.63) is 47.2 Å². The average molecular weight is 350 g/mol. The summed E-state index contributed by atoms with van der Waals surface area (Å²) in [5, 5.41) is 11.4. The number of carbonyl (C=O) groups excluding carboxylic acids is 1. The minimum absolute atomic E-state index is 0.145. The van der Waals surface area contributed by atoms with E-state index >= 15 is 0 Å². The number of nitrogens with zero attached hydrogens (tertiary/aromatic N) is 2. The molecule has 3 rings (SSSR count). The Bertz CT molecular complexity index is 817. The SMILES string of the molecule is Cc1c(Cl)cccc1NC(=O)CSc1nnc(-c2ccco2)o1. The molecule has 0 saturated heterocycles. The average Bonchev–Trinajstić information content (AvgIpc) is 3.20. The summed E-state index contributed by atoms with van der Waals surface area (Å²) in [7, 11) is 0. The molecular weight excluding hydrogens is 338 g/mol. The maximum absolute atomic E-state index is 12.0. The number of anilines is 1. The number of benzene rings is 1. The summed E-state index contributed by atoms with van der Waals surface area (Å²) in [6.07, 6.45) is 1.52. The summed E-state index contributed by atoms with van der Waals surface area (Å²) >= 11 is 7.17. The molecule has 0 aliphatic carbocycles. The van der Waals surface area contributed by atoms with Crippen LogP contribution in [0.2, 0.25) is 5.02 Å². The van der Waals surface area contributed by atoms with Gasteiger partial charge in [0.2, 0.25) is 5.91 Å². The van der Waals surface area contributed by atoms with Crippen molar-refractivity contribution in [1.82, 2.24) is 10.2 Å². The number of aromatic nitrogens is 2. The van der Waals surface area contributed by atoms with Crippen LogP contribution in [0.3, 0.4) is 0 Å². The van der Waals surface area contributed by atoms with Crippen molar-refractivity contribution in [3.63, 3.8) is 0 Å². The molecule has 8 heteroatoms. The van der Waals surface area contributed by atoms with Gasteiger partial charge in [-0.25, -0.2) is 0 Å². The second-order valence-electron chi connectivity index (χ2n) is 4.60. The van der Waals surface area contributed by atoms with Gasteiger partial charge in [0.15, 0.2) is 5.76 Å². The fourth-order valence-corrected chi connectivity index (χ4v) is 2.56. The van der Waals surface area contributed by atoms with Crippen molar-refractivity contribution >= 4 is 35.0 Å². The summed E-state index contributed by atoms with van der Waals surface area (Å²) in [6.45, 7) is 1.85. The van der Waals surface area contributed by atoms with Crippen LogP contribution in [0.4, 0.5) is 5.69 Å². The van der Waals surface area contributed by atoms with Gasteiger partial charge in [0, 0.05) is 10.7 Å². The zero-order valence-electron chi connectivity index (χ0n) is 12.1. The number of rotatable bonds is 5. The van der Waals surface area contributed by atoms with E-state index in [1.807, 2.05) is 6.92 Å². The molecule has 23 heavy (non-hydrogen) atoms. The Kier molecular flexibility index (Phi) is 4.68. The van der Waals surface area contributed by atoms with Gasteiger partial charge in [-0.15, -0.1) is 10.2 Å². The monoisotopic (exact) mass is 349 g/mol. The standard InChI is InChI=1S/C15H12ClN3O3S/c1-9-10(16)4-2-5-11(9)17-13(20)8-23-15-19-18-14(22-15)12-6-3-7-21-12/h2-7H,8H2,1H3,(H,17,20). The van der Waals surface area contributed by atoms with Gasteiger partial charge in [0.1, 0.15) is 0 Å².